The molecule has 0 aliphatic heterocycles. The zero-order valence-corrected chi connectivity index (χ0v) is 10.7. The van der Waals surface area contributed by atoms with Gasteiger partial charge in [-0.05, 0) is 32.4 Å². The van der Waals surface area contributed by atoms with Crippen LogP contribution in [0.5, 0.6) is 5.75 Å². The molecule has 0 bridgehead atoms. The van der Waals surface area contributed by atoms with E-state index in [2.05, 4.69) is 25.7 Å². The summed E-state index contributed by atoms with van der Waals surface area (Å²) in [4.78, 5) is 2.15. The Kier molecular flexibility index (Phi) is 4.47. The van der Waals surface area contributed by atoms with Crippen LogP contribution < -0.4 is 15.4 Å². The van der Waals surface area contributed by atoms with Crippen molar-refractivity contribution >= 4 is 11.4 Å². The van der Waals surface area contributed by atoms with E-state index >= 15 is 0 Å². The third-order valence-electron chi connectivity index (χ3n) is 2.66. The summed E-state index contributed by atoms with van der Waals surface area (Å²) in [6.45, 7) is 7.07. The molecule has 0 aliphatic carbocycles. The number of para-hydroxylation sites is 1. The minimum absolute atomic E-state index is 0.420. The molecule has 1 aromatic carbocycles. The van der Waals surface area contributed by atoms with Crippen molar-refractivity contribution < 1.29 is 4.74 Å². The van der Waals surface area contributed by atoms with Crippen LogP contribution in [0.3, 0.4) is 0 Å². The van der Waals surface area contributed by atoms with Crippen LogP contribution in [0, 0.1) is 0 Å². The van der Waals surface area contributed by atoms with Crippen molar-refractivity contribution in [3.63, 3.8) is 0 Å². The Morgan fingerprint density at radius 1 is 1.38 bits per heavy atom. The normalized spacial score (nSPS) is 10.6. The summed E-state index contributed by atoms with van der Waals surface area (Å²) in [7, 11) is 2.04. The maximum absolute atomic E-state index is 6.10. The maximum Gasteiger partial charge on any atom is 0.144 e. The fraction of sp³-hybridized carbons (Fsp3) is 0.538. The molecule has 0 aliphatic rings. The van der Waals surface area contributed by atoms with Crippen LogP contribution in [0.1, 0.15) is 27.2 Å². The SMILES string of the molecule is CCCOc1cccc(N(C)C(C)C)c1N. The van der Waals surface area contributed by atoms with Gasteiger partial charge >= 0.3 is 0 Å². The van der Waals surface area contributed by atoms with E-state index in [0.717, 1.165) is 23.5 Å². The number of benzene rings is 1. The second kappa shape index (κ2) is 5.64. The number of ether oxygens (including phenoxy) is 1. The van der Waals surface area contributed by atoms with Gasteiger partial charge in [-0.2, -0.15) is 0 Å². The summed E-state index contributed by atoms with van der Waals surface area (Å²) in [6.07, 6.45) is 0.990. The first-order valence-corrected chi connectivity index (χ1v) is 5.82. The Labute approximate surface area is 98.2 Å². The van der Waals surface area contributed by atoms with Crippen LogP contribution in [0.15, 0.2) is 18.2 Å². The number of nitrogen functional groups attached to an aromatic ring is 1. The molecule has 0 saturated carbocycles. The fourth-order valence-electron chi connectivity index (χ4n) is 1.46. The van der Waals surface area contributed by atoms with E-state index in [-0.39, 0.29) is 0 Å². The van der Waals surface area contributed by atoms with Gasteiger partial charge in [0, 0.05) is 13.1 Å². The van der Waals surface area contributed by atoms with E-state index in [9.17, 15) is 0 Å². The molecule has 0 saturated heterocycles. The highest BCUT2D eigenvalue weighted by Gasteiger charge is 2.11. The van der Waals surface area contributed by atoms with E-state index in [1.165, 1.54) is 0 Å². The lowest BCUT2D eigenvalue weighted by atomic mass is 10.2. The maximum atomic E-state index is 6.10. The number of hydrogen-bond donors (Lipinski definition) is 1. The van der Waals surface area contributed by atoms with E-state index in [0.29, 0.717) is 12.6 Å². The largest absolute Gasteiger partial charge is 0.491 e. The van der Waals surface area contributed by atoms with Gasteiger partial charge in [0.25, 0.3) is 0 Å². The Hall–Kier alpha value is -1.38. The van der Waals surface area contributed by atoms with Gasteiger partial charge in [-0.25, -0.2) is 0 Å². The van der Waals surface area contributed by atoms with Gasteiger partial charge in [-0.3, -0.25) is 0 Å². The van der Waals surface area contributed by atoms with Crippen LogP contribution in [-0.2, 0) is 0 Å². The Bertz CT molecular complexity index is 337. The minimum atomic E-state index is 0.420. The predicted octanol–water partition coefficient (Wildman–Crippen LogP) is 2.90. The molecule has 0 atom stereocenters. The number of hydrogen-bond acceptors (Lipinski definition) is 3. The van der Waals surface area contributed by atoms with Crippen LogP contribution in [0.25, 0.3) is 0 Å². The van der Waals surface area contributed by atoms with Crippen molar-refractivity contribution in [2.24, 2.45) is 0 Å². The minimum Gasteiger partial charge on any atom is -0.491 e. The van der Waals surface area contributed by atoms with Crippen LogP contribution in [-0.4, -0.2) is 19.7 Å². The smallest absolute Gasteiger partial charge is 0.144 e. The molecule has 1 aromatic rings. The van der Waals surface area contributed by atoms with E-state index in [1.54, 1.807) is 0 Å². The highest BCUT2D eigenvalue weighted by Crippen LogP contribution is 2.32. The first-order valence-electron chi connectivity index (χ1n) is 5.82. The van der Waals surface area contributed by atoms with Crippen molar-refractivity contribution in [3.05, 3.63) is 18.2 Å². The summed E-state index contributed by atoms with van der Waals surface area (Å²) in [5.74, 6) is 0.784. The fourth-order valence-corrected chi connectivity index (χ4v) is 1.46. The lowest BCUT2D eigenvalue weighted by Crippen LogP contribution is -2.26. The molecule has 90 valence electrons. The molecule has 16 heavy (non-hydrogen) atoms. The van der Waals surface area contributed by atoms with Crippen molar-refractivity contribution in [2.75, 3.05) is 24.3 Å². The van der Waals surface area contributed by atoms with Gasteiger partial charge in [-0.15, -0.1) is 0 Å². The molecule has 0 fully saturated rings. The summed E-state index contributed by atoms with van der Waals surface area (Å²) in [6, 6.07) is 6.34. The monoisotopic (exact) mass is 222 g/mol. The summed E-state index contributed by atoms with van der Waals surface area (Å²) in [5, 5.41) is 0. The van der Waals surface area contributed by atoms with Crippen LogP contribution >= 0.6 is 0 Å². The summed E-state index contributed by atoms with van der Waals surface area (Å²) >= 11 is 0. The molecule has 0 amide bonds. The highest BCUT2D eigenvalue weighted by atomic mass is 16.5. The number of nitrogens with zero attached hydrogens (tertiary/aromatic N) is 1. The van der Waals surface area contributed by atoms with Gasteiger partial charge in [-0.1, -0.05) is 13.0 Å². The first-order chi connectivity index (χ1) is 7.57. The molecular weight excluding hydrogens is 200 g/mol. The van der Waals surface area contributed by atoms with Gasteiger partial charge in [0.05, 0.1) is 18.0 Å². The van der Waals surface area contributed by atoms with Crippen molar-refractivity contribution in [1.82, 2.24) is 0 Å². The molecule has 0 heterocycles. The second-order valence-electron chi connectivity index (χ2n) is 4.24. The molecule has 0 radical (unpaired) electrons. The molecule has 2 N–H and O–H groups in total. The molecular formula is C13H22N2O. The Balaban J connectivity index is 2.94. The standard InChI is InChI=1S/C13H22N2O/c1-5-9-16-12-8-6-7-11(13(12)14)15(4)10(2)3/h6-8,10H,5,9,14H2,1-4H3. The quantitative estimate of drug-likeness (QED) is 0.778. The van der Waals surface area contributed by atoms with E-state index < -0.39 is 0 Å². The summed E-state index contributed by atoms with van der Waals surface area (Å²) < 4.78 is 5.60. The zero-order valence-electron chi connectivity index (χ0n) is 10.7. The van der Waals surface area contributed by atoms with E-state index in [1.807, 2.05) is 25.2 Å². The third kappa shape index (κ3) is 2.81. The van der Waals surface area contributed by atoms with Gasteiger partial charge in [0.1, 0.15) is 5.75 Å². The molecule has 0 spiro atoms. The number of nitrogens with two attached hydrogens (primary N) is 1. The average molecular weight is 222 g/mol. The molecule has 3 nitrogen and oxygen atoms in total. The zero-order chi connectivity index (χ0) is 12.1. The Morgan fingerprint density at radius 2 is 2.06 bits per heavy atom. The topological polar surface area (TPSA) is 38.5 Å². The van der Waals surface area contributed by atoms with E-state index in [4.69, 9.17) is 10.5 Å². The second-order valence-corrected chi connectivity index (χ2v) is 4.24. The molecule has 1 rings (SSSR count). The third-order valence-corrected chi connectivity index (χ3v) is 2.66. The van der Waals surface area contributed by atoms with Gasteiger partial charge < -0.3 is 15.4 Å². The summed E-state index contributed by atoms with van der Waals surface area (Å²) in [5.41, 5.74) is 7.86. The average Bonchev–Trinajstić information content (AvgIpc) is 2.26. The molecule has 0 aromatic heterocycles. The van der Waals surface area contributed by atoms with Gasteiger partial charge in [0.15, 0.2) is 0 Å². The lowest BCUT2D eigenvalue weighted by molar-refractivity contribution is 0.319. The van der Waals surface area contributed by atoms with Crippen molar-refractivity contribution in [2.45, 2.75) is 33.2 Å². The predicted molar refractivity (Wildman–Crippen MR) is 70.2 cm³/mol. The lowest BCUT2D eigenvalue weighted by Gasteiger charge is -2.26. The van der Waals surface area contributed by atoms with Gasteiger partial charge in [0.2, 0.25) is 0 Å². The van der Waals surface area contributed by atoms with Crippen LogP contribution in [0.2, 0.25) is 0 Å². The number of rotatable bonds is 5. The highest BCUT2D eigenvalue weighted by molar-refractivity contribution is 5.74. The molecule has 0 unspecified atom stereocenters. The molecule has 3 heteroatoms. The Morgan fingerprint density at radius 3 is 2.62 bits per heavy atom. The van der Waals surface area contributed by atoms with Crippen molar-refractivity contribution in [1.29, 1.82) is 0 Å². The number of anilines is 2. The van der Waals surface area contributed by atoms with Crippen molar-refractivity contribution in [3.8, 4) is 5.75 Å². The first kappa shape index (κ1) is 12.7. The van der Waals surface area contributed by atoms with Crippen LogP contribution in [0.4, 0.5) is 11.4 Å².